The number of para-hydroxylation sites is 1. The number of methoxy groups -OCH3 is 2. The van der Waals surface area contributed by atoms with Gasteiger partial charge >= 0.3 is 6.01 Å². The van der Waals surface area contributed by atoms with Crippen molar-refractivity contribution in [1.82, 2.24) is 15.1 Å². The van der Waals surface area contributed by atoms with Gasteiger partial charge in [-0.1, -0.05) is 32.0 Å². The van der Waals surface area contributed by atoms with E-state index in [1.807, 2.05) is 57.2 Å². The van der Waals surface area contributed by atoms with Gasteiger partial charge in [0.05, 0.1) is 19.2 Å². The van der Waals surface area contributed by atoms with E-state index in [-0.39, 0.29) is 6.01 Å². The summed E-state index contributed by atoms with van der Waals surface area (Å²) < 4.78 is 16.2. The van der Waals surface area contributed by atoms with Crippen LogP contribution in [-0.4, -0.2) is 35.9 Å². The number of nitrogens with two attached hydrogens (primary N) is 1. The molecule has 0 aliphatic rings. The average Bonchev–Trinajstić information content (AvgIpc) is 2.75. The molecule has 0 spiro atoms. The van der Waals surface area contributed by atoms with Crippen molar-refractivity contribution in [2.45, 2.75) is 20.8 Å². The van der Waals surface area contributed by atoms with E-state index in [4.69, 9.17) is 20.1 Å². The third-order valence-electron chi connectivity index (χ3n) is 3.80. The molecule has 0 aliphatic heterocycles. The Morgan fingerprint density at radius 3 is 2.53 bits per heavy atom. The molecule has 1 heterocycles. The van der Waals surface area contributed by atoms with Gasteiger partial charge in [-0.05, 0) is 36.8 Å². The number of benzene rings is 2. The maximum Gasteiger partial charge on any atom is 0.324 e. The zero-order valence-corrected chi connectivity index (χ0v) is 18.0. The molecule has 0 unspecified atom stereocenters. The van der Waals surface area contributed by atoms with Crippen LogP contribution in [-0.2, 0) is 4.74 Å². The summed E-state index contributed by atoms with van der Waals surface area (Å²) >= 11 is 0. The SMILES string of the molecule is CC.COC/C(C)=C/N(N)Nc1nc(Oc2cccc(OC)c2)nc2ccccc12. The molecule has 0 saturated carbocycles. The highest BCUT2D eigenvalue weighted by molar-refractivity contribution is 5.89. The first-order valence-electron chi connectivity index (χ1n) is 9.64. The molecule has 1 aromatic heterocycles. The van der Waals surface area contributed by atoms with Crippen molar-refractivity contribution in [1.29, 1.82) is 0 Å². The number of nitrogens with one attached hydrogen (secondary N) is 1. The maximum absolute atomic E-state index is 6.04. The second-order valence-corrected chi connectivity index (χ2v) is 6.08. The number of aromatic nitrogens is 2. The molecular weight excluding hydrogens is 382 g/mol. The van der Waals surface area contributed by atoms with Crippen molar-refractivity contribution in [2.24, 2.45) is 5.84 Å². The third kappa shape index (κ3) is 6.33. The lowest BCUT2D eigenvalue weighted by atomic mass is 10.2. The molecule has 160 valence electrons. The Bertz CT molecular complexity index is 978. The second kappa shape index (κ2) is 11.6. The predicted octanol–water partition coefficient (Wildman–Crippen LogP) is 4.51. The van der Waals surface area contributed by atoms with Gasteiger partial charge in [-0.25, -0.2) is 11.0 Å². The van der Waals surface area contributed by atoms with Crippen molar-refractivity contribution in [3.8, 4) is 17.5 Å². The van der Waals surface area contributed by atoms with Crippen LogP contribution < -0.4 is 20.7 Å². The van der Waals surface area contributed by atoms with Crippen molar-refractivity contribution < 1.29 is 14.2 Å². The minimum atomic E-state index is 0.195. The summed E-state index contributed by atoms with van der Waals surface area (Å²) in [5.74, 6) is 7.82. The molecule has 0 radical (unpaired) electrons. The zero-order valence-electron chi connectivity index (χ0n) is 18.0. The predicted molar refractivity (Wildman–Crippen MR) is 119 cm³/mol. The number of nitrogens with zero attached hydrogens (tertiary/aromatic N) is 3. The average molecular weight is 412 g/mol. The van der Waals surface area contributed by atoms with Gasteiger partial charge in [-0.15, -0.1) is 0 Å². The Morgan fingerprint density at radius 2 is 1.80 bits per heavy atom. The van der Waals surface area contributed by atoms with E-state index in [0.717, 1.165) is 16.5 Å². The summed E-state index contributed by atoms with van der Waals surface area (Å²) in [5, 5.41) is 2.15. The number of anilines is 1. The molecule has 8 nitrogen and oxygen atoms in total. The van der Waals surface area contributed by atoms with Crippen molar-refractivity contribution in [3.05, 3.63) is 60.3 Å². The molecular formula is C22H29N5O3. The van der Waals surface area contributed by atoms with Crippen LogP contribution in [0.5, 0.6) is 17.5 Å². The van der Waals surface area contributed by atoms with Crippen LogP contribution in [0.1, 0.15) is 20.8 Å². The minimum Gasteiger partial charge on any atom is -0.497 e. The van der Waals surface area contributed by atoms with Gasteiger partial charge < -0.3 is 14.2 Å². The van der Waals surface area contributed by atoms with Gasteiger partial charge in [-0.2, -0.15) is 9.97 Å². The topological polar surface area (TPSA) is 94.8 Å². The molecule has 0 bridgehead atoms. The number of hydrogen-bond donors (Lipinski definition) is 2. The number of hydrogen-bond acceptors (Lipinski definition) is 8. The van der Waals surface area contributed by atoms with Crippen molar-refractivity contribution >= 4 is 16.7 Å². The van der Waals surface area contributed by atoms with Crippen LogP contribution in [0.15, 0.2) is 60.3 Å². The summed E-state index contributed by atoms with van der Waals surface area (Å²) in [6, 6.07) is 15.0. The Kier molecular flexibility index (Phi) is 8.86. The Balaban J connectivity index is 0.00000155. The number of ether oxygens (including phenoxy) is 3. The minimum absolute atomic E-state index is 0.195. The highest BCUT2D eigenvalue weighted by Gasteiger charge is 2.11. The first kappa shape index (κ1) is 22.9. The van der Waals surface area contributed by atoms with E-state index in [1.54, 1.807) is 32.6 Å². The fourth-order valence-corrected chi connectivity index (χ4v) is 2.61. The second-order valence-electron chi connectivity index (χ2n) is 6.08. The van der Waals surface area contributed by atoms with Gasteiger partial charge in [0.15, 0.2) is 5.82 Å². The van der Waals surface area contributed by atoms with Crippen LogP contribution in [0, 0.1) is 0 Å². The van der Waals surface area contributed by atoms with E-state index in [0.29, 0.717) is 23.9 Å². The van der Waals surface area contributed by atoms with E-state index in [9.17, 15) is 0 Å². The van der Waals surface area contributed by atoms with Crippen LogP contribution >= 0.6 is 0 Å². The van der Waals surface area contributed by atoms with E-state index in [1.165, 1.54) is 5.12 Å². The van der Waals surface area contributed by atoms with Gasteiger partial charge in [0.2, 0.25) is 0 Å². The monoisotopic (exact) mass is 411 g/mol. The van der Waals surface area contributed by atoms with Crippen LogP contribution in [0.25, 0.3) is 10.9 Å². The molecule has 3 N–H and O–H groups in total. The fraction of sp³-hybridized carbons (Fsp3) is 0.273. The van der Waals surface area contributed by atoms with E-state index < -0.39 is 0 Å². The van der Waals surface area contributed by atoms with Crippen LogP contribution in [0.3, 0.4) is 0 Å². The number of fused-ring (bicyclic) bond motifs is 1. The highest BCUT2D eigenvalue weighted by Crippen LogP contribution is 2.27. The largest absolute Gasteiger partial charge is 0.497 e. The molecule has 8 heteroatoms. The van der Waals surface area contributed by atoms with Crippen LogP contribution in [0.2, 0.25) is 0 Å². The molecule has 30 heavy (non-hydrogen) atoms. The number of hydrazine groups is 2. The lowest BCUT2D eigenvalue weighted by Crippen LogP contribution is -2.32. The van der Waals surface area contributed by atoms with Gasteiger partial charge in [-0.3, -0.25) is 5.43 Å². The zero-order chi connectivity index (χ0) is 21.9. The normalized spacial score (nSPS) is 10.8. The summed E-state index contributed by atoms with van der Waals surface area (Å²) in [6.45, 7) is 6.39. The number of rotatable bonds is 8. The summed E-state index contributed by atoms with van der Waals surface area (Å²) in [7, 11) is 3.23. The molecule has 0 amide bonds. The molecule has 3 aromatic rings. The summed E-state index contributed by atoms with van der Waals surface area (Å²) in [4.78, 5) is 8.95. The standard InChI is InChI=1S/C20H23N5O3.C2H6/c1-14(13-26-2)12-25(21)24-19-17-9-4-5-10-18(17)22-20(23-19)28-16-8-6-7-15(11-16)27-3;1-2/h4-12H,13,21H2,1-3H3,(H,22,23,24);1-2H3/b14-12+;. The summed E-state index contributed by atoms with van der Waals surface area (Å²) in [5.41, 5.74) is 4.72. The van der Waals surface area contributed by atoms with Crippen molar-refractivity contribution in [3.63, 3.8) is 0 Å². The fourth-order valence-electron chi connectivity index (χ4n) is 2.61. The van der Waals surface area contributed by atoms with Crippen LogP contribution in [0.4, 0.5) is 5.82 Å². The Morgan fingerprint density at radius 1 is 1.07 bits per heavy atom. The summed E-state index contributed by atoms with van der Waals surface area (Å²) in [6.07, 6.45) is 1.73. The smallest absolute Gasteiger partial charge is 0.324 e. The lowest BCUT2D eigenvalue weighted by molar-refractivity contribution is 0.224. The Hall–Kier alpha value is -3.36. The van der Waals surface area contributed by atoms with Gasteiger partial charge in [0, 0.05) is 24.8 Å². The molecule has 0 atom stereocenters. The quantitative estimate of drug-likeness (QED) is 0.413. The van der Waals surface area contributed by atoms with Gasteiger partial charge in [0.1, 0.15) is 11.5 Å². The lowest BCUT2D eigenvalue weighted by Gasteiger charge is -2.18. The third-order valence-corrected chi connectivity index (χ3v) is 3.80. The first-order chi connectivity index (χ1) is 14.6. The highest BCUT2D eigenvalue weighted by atomic mass is 16.5. The van der Waals surface area contributed by atoms with E-state index >= 15 is 0 Å². The molecule has 0 fully saturated rings. The molecule has 3 rings (SSSR count). The van der Waals surface area contributed by atoms with Crippen molar-refractivity contribution in [2.75, 3.05) is 26.3 Å². The molecule has 0 aliphatic carbocycles. The van der Waals surface area contributed by atoms with Gasteiger partial charge in [0.25, 0.3) is 0 Å². The first-order valence-corrected chi connectivity index (χ1v) is 9.64. The molecule has 0 saturated heterocycles. The van der Waals surface area contributed by atoms with E-state index in [2.05, 4.69) is 15.4 Å². The molecule has 2 aromatic carbocycles. The Labute approximate surface area is 177 Å². The maximum atomic E-state index is 6.04.